The number of fused-ring (bicyclic) bond motifs is 1. The molecule has 0 radical (unpaired) electrons. The number of carbonyl (C=O) groups excluding carboxylic acids is 1. The molecule has 0 aliphatic heterocycles. The Kier molecular flexibility index (Phi) is 4.60. The Morgan fingerprint density at radius 2 is 2.05 bits per heavy atom. The predicted octanol–water partition coefficient (Wildman–Crippen LogP) is 1.53. The first-order valence-corrected chi connectivity index (χ1v) is 6.19. The van der Waals surface area contributed by atoms with Crippen LogP contribution in [0.4, 0.5) is 0 Å². The van der Waals surface area contributed by atoms with Gasteiger partial charge in [-0.1, -0.05) is 6.07 Å². The van der Waals surface area contributed by atoms with Gasteiger partial charge in [0.15, 0.2) is 6.29 Å². The second kappa shape index (κ2) is 6.40. The molecule has 1 aromatic heterocycles. The lowest BCUT2D eigenvalue weighted by molar-refractivity contribution is -0.0974. The fraction of sp³-hybridized carbons (Fsp3) is 0.357. The van der Waals surface area contributed by atoms with Crippen LogP contribution in [0, 0.1) is 0 Å². The van der Waals surface area contributed by atoms with E-state index in [1.54, 1.807) is 13.2 Å². The lowest BCUT2D eigenvalue weighted by Crippen LogP contribution is -2.34. The van der Waals surface area contributed by atoms with Crippen molar-refractivity contribution < 1.29 is 19.0 Å². The van der Waals surface area contributed by atoms with Gasteiger partial charge in [0, 0.05) is 25.1 Å². The molecule has 1 heterocycles. The highest BCUT2D eigenvalue weighted by molar-refractivity contribution is 5.99. The molecule has 2 aromatic rings. The van der Waals surface area contributed by atoms with E-state index in [-0.39, 0.29) is 12.5 Å². The van der Waals surface area contributed by atoms with E-state index >= 15 is 0 Å². The Hall–Kier alpha value is -2.05. The zero-order valence-electron chi connectivity index (χ0n) is 11.7. The largest absolute Gasteiger partial charge is 0.496 e. The van der Waals surface area contributed by atoms with Crippen molar-refractivity contribution in [2.75, 3.05) is 27.9 Å². The third kappa shape index (κ3) is 2.92. The molecular formula is C14H18N2O4. The summed E-state index contributed by atoms with van der Waals surface area (Å²) in [6.07, 6.45) is -0.460. The van der Waals surface area contributed by atoms with Crippen LogP contribution in [-0.4, -0.2) is 45.1 Å². The quantitative estimate of drug-likeness (QED) is 0.786. The monoisotopic (exact) mass is 278 g/mol. The van der Waals surface area contributed by atoms with Gasteiger partial charge in [0.2, 0.25) is 0 Å². The van der Waals surface area contributed by atoms with Crippen molar-refractivity contribution in [1.29, 1.82) is 0 Å². The summed E-state index contributed by atoms with van der Waals surface area (Å²) in [4.78, 5) is 15.1. The SMILES string of the molecule is COc1cccc2[nH]c(C(=O)NCC(OC)OC)cc12. The number of aromatic amines is 1. The Labute approximate surface area is 117 Å². The first-order valence-electron chi connectivity index (χ1n) is 6.19. The minimum atomic E-state index is -0.460. The summed E-state index contributed by atoms with van der Waals surface area (Å²) < 4.78 is 15.3. The van der Waals surface area contributed by atoms with Gasteiger partial charge in [0.25, 0.3) is 5.91 Å². The van der Waals surface area contributed by atoms with Gasteiger partial charge in [-0.3, -0.25) is 4.79 Å². The van der Waals surface area contributed by atoms with Gasteiger partial charge < -0.3 is 24.5 Å². The topological polar surface area (TPSA) is 72.6 Å². The molecule has 0 aliphatic carbocycles. The average Bonchev–Trinajstić information content (AvgIpc) is 2.92. The molecule has 0 saturated carbocycles. The van der Waals surface area contributed by atoms with Gasteiger partial charge >= 0.3 is 0 Å². The molecule has 0 fully saturated rings. The molecule has 1 aromatic carbocycles. The molecule has 108 valence electrons. The van der Waals surface area contributed by atoms with Gasteiger partial charge in [-0.25, -0.2) is 0 Å². The molecule has 0 aliphatic rings. The van der Waals surface area contributed by atoms with E-state index < -0.39 is 6.29 Å². The maximum atomic E-state index is 12.1. The molecule has 0 unspecified atom stereocenters. The number of hydrogen-bond donors (Lipinski definition) is 2. The Balaban J connectivity index is 2.14. The van der Waals surface area contributed by atoms with E-state index in [0.717, 1.165) is 16.7 Å². The molecule has 2 N–H and O–H groups in total. The van der Waals surface area contributed by atoms with E-state index in [1.807, 2.05) is 18.2 Å². The lowest BCUT2D eigenvalue weighted by Gasteiger charge is -2.13. The Morgan fingerprint density at radius 1 is 1.30 bits per heavy atom. The van der Waals surface area contributed by atoms with Crippen LogP contribution in [0.3, 0.4) is 0 Å². The lowest BCUT2D eigenvalue weighted by atomic mass is 10.2. The second-order valence-corrected chi connectivity index (χ2v) is 4.22. The molecule has 1 amide bonds. The van der Waals surface area contributed by atoms with Crippen molar-refractivity contribution >= 4 is 16.8 Å². The van der Waals surface area contributed by atoms with Crippen LogP contribution in [0.25, 0.3) is 10.9 Å². The van der Waals surface area contributed by atoms with Crippen molar-refractivity contribution in [1.82, 2.24) is 10.3 Å². The van der Waals surface area contributed by atoms with E-state index in [2.05, 4.69) is 10.3 Å². The molecule has 6 heteroatoms. The van der Waals surface area contributed by atoms with Crippen LogP contribution < -0.4 is 10.1 Å². The van der Waals surface area contributed by atoms with Crippen LogP contribution in [0.2, 0.25) is 0 Å². The number of H-pyrrole nitrogens is 1. The van der Waals surface area contributed by atoms with Crippen molar-refractivity contribution in [2.24, 2.45) is 0 Å². The number of aromatic nitrogens is 1. The van der Waals surface area contributed by atoms with Gasteiger partial charge in [-0.15, -0.1) is 0 Å². The van der Waals surface area contributed by atoms with Crippen LogP contribution >= 0.6 is 0 Å². The zero-order valence-corrected chi connectivity index (χ0v) is 11.7. The summed E-state index contributed by atoms with van der Waals surface area (Å²) in [7, 11) is 4.64. The normalized spacial score (nSPS) is 11.0. The van der Waals surface area contributed by atoms with Gasteiger partial charge in [-0.05, 0) is 18.2 Å². The molecule has 2 rings (SSSR count). The highest BCUT2D eigenvalue weighted by Crippen LogP contribution is 2.25. The summed E-state index contributed by atoms with van der Waals surface area (Å²) >= 11 is 0. The van der Waals surface area contributed by atoms with Crippen molar-refractivity contribution in [3.05, 3.63) is 30.0 Å². The van der Waals surface area contributed by atoms with Crippen molar-refractivity contribution in [3.8, 4) is 5.75 Å². The van der Waals surface area contributed by atoms with Crippen LogP contribution in [-0.2, 0) is 9.47 Å². The van der Waals surface area contributed by atoms with E-state index in [9.17, 15) is 4.79 Å². The Morgan fingerprint density at radius 3 is 2.70 bits per heavy atom. The van der Waals surface area contributed by atoms with Crippen LogP contribution in [0.15, 0.2) is 24.3 Å². The van der Waals surface area contributed by atoms with E-state index in [4.69, 9.17) is 14.2 Å². The molecule has 0 saturated heterocycles. The summed E-state index contributed by atoms with van der Waals surface area (Å²) in [6, 6.07) is 7.37. The molecule has 0 bridgehead atoms. The maximum absolute atomic E-state index is 12.1. The molecule has 20 heavy (non-hydrogen) atoms. The molecule has 6 nitrogen and oxygen atoms in total. The summed E-state index contributed by atoms with van der Waals surface area (Å²) in [5.74, 6) is 0.506. The summed E-state index contributed by atoms with van der Waals surface area (Å²) in [6.45, 7) is 0.276. The van der Waals surface area contributed by atoms with Crippen molar-refractivity contribution in [3.63, 3.8) is 0 Å². The maximum Gasteiger partial charge on any atom is 0.267 e. The first-order chi connectivity index (χ1) is 9.69. The second-order valence-electron chi connectivity index (χ2n) is 4.22. The van der Waals surface area contributed by atoms with E-state index in [1.165, 1.54) is 14.2 Å². The molecule has 0 spiro atoms. The highest BCUT2D eigenvalue weighted by Gasteiger charge is 2.13. The van der Waals surface area contributed by atoms with Crippen LogP contribution in [0.5, 0.6) is 5.75 Å². The smallest absolute Gasteiger partial charge is 0.267 e. The number of methoxy groups -OCH3 is 3. The third-order valence-corrected chi connectivity index (χ3v) is 3.04. The number of benzene rings is 1. The number of hydrogen-bond acceptors (Lipinski definition) is 4. The number of rotatable bonds is 6. The number of amides is 1. The van der Waals surface area contributed by atoms with Crippen LogP contribution in [0.1, 0.15) is 10.5 Å². The summed E-state index contributed by atoms with van der Waals surface area (Å²) in [5, 5.41) is 3.61. The first kappa shape index (κ1) is 14.4. The minimum Gasteiger partial charge on any atom is -0.496 e. The Bertz CT molecular complexity index is 590. The highest BCUT2D eigenvalue weighted by atomic mass is 16.7. The zero-order chi connectivity index (χ0) is 14.5. The summed E-state index contributed by atoms with van der Waals surface area (Å²) in [5.41, 5.74) is 1.32. The van der Waals surface area contributed by atoms with Crippen molar-refractivity contribution in [2.45, 2.75) is 6.29 Å². The number of carbonyl (C=O) groups is 1. The third-order valence-electron chi connectivity index (χ3n) is 3.04. The number of ether oxygens (including phenoxy) is 3. The fourth-order valence-electron chi connectivity index (χ4n) is 1.96. The molecular weight excluding hydrogens is 260 g/mol. The molecule has 0 atom stereocenters. The van der Waals surface area contributed by atoms with E-state index in [0.29, 0.717) is 5.69 Å². The number of nitrogens with one attached hydrogen (secondary N) is 2. The average molecular weight is 278 g/mol. The van der Waals surface area contributed by atoms with Gasteiger partial charge in [0.05, 0.1) is 13.7 Å². The fourth-order valence-corrected chi connectivity index (χ4v) is 1.96. The van der Waals surface area contributed by atoms with Gasteiger partial charge in [-0.2, -0.15) is 0 Å². The standard InChI is InChI=1S/C14H18N2O4/c1-18-12-6-4-5-10-9(12)7-11(16-10)14(17)15-8-13(19-2)20-3/h4-7,13,16H,8H2,1-3H3,(H,15,17). The minimum absolute atomic E-state index is 0.220. The van der Waals surface area contributed by atoms with Gasteiger partial charge in [0.1, 0.15) is 11.4 Å². The predicted molar refractivity (Wildman–Crippen MR) is 75.0 cm³/mol.